The van der Waals surface area contributed by atoms with Gasteiger partial charge in [-0.05, 0) is 103 Å². The third-order valence-corrected chi connectivity index (χ3v) is 19.0. The number of quaternary nitrogens is 1. The van der Waals surface area contributed by atoms with Crippen molar-refractivity contribution in [1.82, 2.24) is 0 Å². The molecule has 0 amide bonds. The maximum absolute atomic E-state index is 13.0. The van der Waals surface area contributed by atoms with Gasteiger partial charge in [-0.1, -0.05) is 393 Å². The van der Waals surface area contributed by atoms with Gasteiger partial charge in [-0.15, -0.1) is 0 Å². The van der Waals surface area contributed by atoms with Crippen molar-refractivity contribution in [2.45, 2.75) is 411 Å². The lowest BCUT2D eigenvalue weighted by Gasteiger charge is -2.26. The number of likely N-dealkylation sites (N-methyl/N-ethyl adjacent to an activating group) is 1. The standard InChI is InChI=1S/C92H163NO8/c1-6-8-10-12-14-16-18-20-22-24-26-28-30-32-34-36-38-40-42-43-44-45-46-47-49-51-53-55-57-59-61-63-65-67-69-71-73-75-77-79-81-83-90(95)101-88(87-100-92(91(96)97)98-85-84-93(3,4)5)86-99-89(94)82-80-78-76-74-72-70-68-66-64-62-60-58-56-54-52-50-48-41-39-37-35-33-31-29-27-25-23-21-19-17-15-13-11-9-7-2/h8,10,14,16,19-22,25-28,32,34,38,40,43-44,88,92H,6-7,9,11-13,15,17-18,23-24,29-31,33,35-37,39,41-42,45-87H2,1-5H3/b10-8-,16-14-,21-19-,22-20-,27-25-,28-26-,34-32-,40-38-,44-43-. The zero-order chi connectivity index (χ0) is 73.2. The first-order valence-corrected chi connectivity index (χ1v) is 43.0. The van der Waals surface area contributed by atoms with Crippen LogP contribution in [0.3, 0.4) is 0 Å². The van der Waals surface area contributed by atoms with Crippen LogP contribution in [0.1, 0.15) is 399 Å². The van der Waals surface area contributed by atoms with Gasteiger partial charge in [-0.2, -0.15) is 0 Å². The highest BCUT2D eigenvalue weighted by atomic mass is 16.7. The largest absolute Gasteiger partial charge is 0.545 e. The van der Waals surface area contributed by atoms with Gasteiger partial charge >= 0.3 is 11.9 Å². The molecule has 0 fully saturated rings. The number of hydrogen-bond donors (Lipinski definition) is 0. The highest BCUT2D eigenvalue weighted by Gasteiger charge is 2.22. The number of allylic oxidation sites excluding steroid dienone is 18. The van der Waals surface area contributed by atoms with Gasteiger partial charge in [0.15, 0.2) is 12.4 Å². The Morgan fingerprint density at radius 2 is 0.564 bits per heavy atom. The third kappa shape index (κ3) is 83.1. The first-order chi connectivity index (χ1) is 49.6. The van der Waals surface area contributed by atoms with Crippen LogP contribution in [0.25, 0.3) is 0 Å². The van der Waals surface area contributed by atoms with E-state index in [1.165, 1.54) is 283 Å². The molecule has 0 spiro atoms. The Morgan fingerprint density at radius 3 is 0.842 bits per heavy atom. The number of carbonyl (C=O) groups is 3. The third-order valence-electron chi connectivity index (χ3n) is 19.0. The summed E-state index contributed by atoms with van der Waals surface area (Å²) in [7, 11) is 5.95. The molecule has 0 aromatic carbocycles. The lowest BCUT2D eigenvalue weighted by atomic mass is 10.0. The predicted molar refractivity (Wildman–Crippen MR) is 435 cm³/mol. The molecule has 2 unspecified atom stereocenters. The van der Waals surface area contributed by atoms with Crippen molar-refractivity contribution in [2.24, 2.45) is 0 Å². The van der Waals surface area contributed by atoms with E-state index in [-0.39, 0.29) is 32.2 Å². The molecular formula is C92H163NO8. The fraction of sp³-hybridized carbons (Fsp3) is 0.772. The van der Waals surface area contributed by atoms with E-state index >= 15 is 0 Å². The van der Waals surface area contributed by atoms with Crippen molar-refractivity contribution < 1.29 is 42.9 Å². The van der Waals surface area contributed by atoms with Crippen LogP contribution in [0, 0.1) is 0 Å². The molecule has 0 N–H and O–H groups in total. The number of carboxylic acids is 1. The molecule has 0 aliphatic rings. The second kappa shape index (κ2) is 81.6. The molecule has 101 heavy (non-hydrogen) atoms. The summed E-state index contributed by atoms with van der Waals surface area (Å²) >= 11 is 0. The van der Waals surface area contributed by atoms with Gasteiger partial charge in [-0.3, -0.25) is 9.59 Å². The monoisotopic (exact) mass is 1410 g/mol. The molecule has 0 saturated carbocycles. The van der Waals surface area contributed by atoms with Crippen LogP contribution >= 0.6 is 0 Å². The minimum atomic E-state index is -1.62. The second-order valence-corrected chi connectivity index (χ2v) is 30.1. The number of ether oxygens (including phenoxy) is 4. The fourth-order valence-corrected chi connectivity index (χ4v) is 12.5. The average Bonchev–Trinajstić information content (AvgIpc) is 1.21. The topological polar surface area (TPSA) is 111 Å². The highest BCUT2D eigenvalue weighted by molar-refractivity contribution is 5.70. The SMILES string of the molecule is CC/C=C\C/C=C\C/C=C\C/C=C\C/C=C\C/C=C\C/C=C\CCCCCCCCCCCCCCCCCCCCCC(=O)OC(COC(=O)CCCCCCCCCCCCCCCCCCCCCCCCC/C=C\C/C=C\CCCCCCC)COC(OCC[N+](C)(C)C)C(=O)[O-]. The van der Waals surface area contributed by atoms with Crippen LogP contribution < -0.4 is 5.11 Å². The molecule has 9 heteroatoms. The van der Waals surface area contributed by atoms with Crippen LogP contribution in [0.15, 0.2) is 109 Å². The number of nitrogens with zero attached hydrogens (tertiary/aromatic N) is 1. The van der Waals surface area contributed by atoms with Gasteiger partial charge in [0.25, 0.3) is 0 Å². The Hall–Kier alpha value is -4.05. The molecule has 0 bridgehead atoms. The molecule has 0 aliphatic carbocycles. The average molecular weight is 1410 g/mol. The van der Waals surface area contributed by atoms with Crippen LogP contribution in [0.2, 0.25) is 0 Å². The van der Waals surface area contributed by atoms with Crippen molar-refractivity contribution >= 4 is 17.9 Å². The van der Waals surface area contributed by atoms with E-state index in [1.807, 2.05) is 21.1 Å². The summed E-state index contributed by atoms with van der Waals surface area (Å²) in [4.78, 5) is 37.7. The minimum absolute atomic E-state index is 0.148. The molecule has 0 saturated heterocycles. The van der Waals surface area contributed by atoms with E-state index < -0.39 is 24.3 Å². The summed E-state index contributed by atoms with van der Waals surface area (Å²) < 4.78 is 22.9. The van der Waals surface area contributed by atoms with Crippen LogP contribution in [-0.4, -0.2) is 82.3 Å². The second-order valence-electron chi connectivity index (χ2n) is 30.1. The summed E-state index contributed by atoms with van der Waals surface area (Å²) in [5.74, 6) is -2.26. The van der Waals surface area contributed by atoms with Gasteiger partial charge in [0.1, 0.15) is 13.2 Å². The summed E-state index contributed by atoms with van der Waals surface area (Å²) in [6, 6.07) is 0. The van der Waals surface area contributed by atoms with Gasteiger partial charge in [0.2, 0.25) is 0 Å². The zero-order valence-electron chi connectivity index (χ0n) is 67.0. The van der Waals surface area contributed by atoms with E-state index in [1.54, 1.807) is 0 Å². The molecule has 9 nitrogen and oxygen atoms in total. The van der Waals surface area contributed by atoms with E-state index in [0.29, 0.717) is 23.9 Å². The number of hydrogen-bond acceptors (Lipinski definition) is 8. The maximum Gasteiger partial charge on any atom is 0.306 e. The maximum atomic E-state index is 13.0. The highest BCUT2D eigenvalue weighted by Crippen LogP contribution is 2.20. The fourth-order valence-electron chi connectivity index (χ4n) is 12.5. The Morgan fingerprint density at radius 1 is 0.307 bits per heavy atom. The number of aliphatic carboxylic acids is 1. The van der Waals surface area contributed by atoms with Crippen LogP contribution in [-0.2, 0) is 33.3 Å². The summed E-state index contributed by atoms with van der Waals surface area (Å²) in [6.45, 7) is 4.68. The molecule has 0 aromatic heterocycles. The van der Waals surface area contributed by atoms with Gasteiger partial charge < -0.3 is 33.3 Å². The first-order valence-electron chi connectivity index (χ1n) is 43.0. The minimum Gasteiger partial charge on any atom is -0.545 e. The molecule has 2 atom stereocenters. The van der Waals surface area contributed by atoms with Crippen LogP contribution in [0.4, 0.5) is 0 Å². The van der Waals surface area contributed by atoms with Gasteiger partial charge in [0, 0.05) is 12.8 Å². The Labute approximate surface area is 625 Å². The number of carbonyl (C=O) groups excluding carboxylic acids is 3. The van der Waals surface area contributed by atoms with E-state index in [2.05, 4.69) is 123 Å². The quantitative estimate of drug-likeness (QED) is 0.0195. The van der Waals surface area contributed by atoms with E-state index in [0.717, 1.165) is 83.5 Å². The van der Waals surface area contributed by atoms with E-state index in [9.17, 15) is 19.5 Å². The Kier molecular flexibility index (Phi) is 78.3. The van der Waals surface area contributed by atoms with E-state index in [4.69, 9.17) is 18.9 Å². The van der Waals surface area contributed by atoms with Crippen molar-refractivity contribution in [3.63, 3.8) is 0 Å². The lowest BCUT2D eigenvalue weighted by molar-refractivity contribution is -0.870. The van der Waals surface area contributed by atoms with Crippen molar-refractivity contribution in [3.8, 4) is 0 Å². The lowest BCUT2D eigenvalue weighted by Crippen LogP contribution is -2.44. The number of carboxylic acid groups (broad SMARTS) is 1. The number of unbranched alkanes of at least 4 members (excludes halogenated alkanes) is 47. The summed E-state index contributed by atoms with van der Waals surface area (Å²) in [5, 5.41) is 11.9. The first kappa shape index (κ1) is 97.0. The molecule has 0 aromatic rings. The molecular weight excluding hydrogens is 1250 g/mol. The molecule has 0 heterocycles. The zero-order valence-corrected chi connectivity index (χ0v) is 67.0. The Bertz CT molecular complexity index is 2040. The normalized spacial score (nSPS) is 13.2. The summed E-state index contributed by atoms with van der Waals surface area (Å²) in [5.41, 5.74) is 0. The van der Waals surface area contributed by atoms with Gasteiger partial charge in [-0.25, -0.2) is 0 Å². The molecule has 584 valence electrons. The van der Waals surface area contributed by atoms with Crippen molar-refractivity contribution in [1.29, 1.82) is 0 Å². The smallest absolute Gasteiger partial charge is 0.306 e. The van der Waals surface area contributed by atoms with Crippen LogP contribution in [0.5, 0.6) is 0 Å². The van der Waals surface area contributed by atoms with Gasteiger partial charge in [0.05, 0.1) is 40.3 Å². The van der Waals surface area contributed by atoms with Crippen molar-refractivity contribution in [3.05, 3.63) is 109 Å². The molecule has 0 rings (SSSR count). The van der Waals surface area contributed by atoms with Crippen molar-refractivity contribution in [2.75, 3.05) is 47.5 Å². The summed E-state index contributed by atoms with van der Waals surface area (Å²) in [6.07, 6.45) is 112. The molecule has 0 radical (unpaired) electrons. The Balaban J connectivity index is 3.96. The number of rotatable bonds is 80. The molecule has 0 aliphatic heterocycles. The number of esters is 2. The predicted octanol–water partition coefficient (Wildman–Crippen LogP) is 26.7.